The molecule has 1 atom stereocenters. The lowest BCUT2D eigenvalue weighted by atomic mass is 9.99. The maximum absolute atomic E-state index is 11.9. The van der Waals surface area contributed by atoms with Crippen LogP contribution >= 0.6 is 0 Å². The lowest BCUT2D eigenvalue weighted by molar-refractivity contribution is 0.00748. The minimum Gasteiger partial charge on any atom is -0.452 e. The van der Waals surface area contributed by atoms with E-state index >= 15 is 0 Å². The molecule has 0 N–H and O–H groups in total. The van der Waals surface area contributed by atoms with Crippen molar-refractivity contribution in [3.05, 3.63) is 48.6 Å². The minimum absolute atomic E-state index is 0.335. The minimum atomic E-state index is -0.663. The van der Waals surface area contributed by atoms with Crippen LogP contribution < -0.4 is 0 Å². The van der Waals surface area contributed by atoms with E-state index in [1.165, 1.54) is 0 Å². The molecule has 0 aromatic heterocycles. The van der Waals surface area contributed by atoms with E-state index in [4.69, 9.17) is 11.2 Å². The highest BCUT2D eigenvalue weighted by Crippen LogP contribution is 2.21. The molecule has 0 radical (unpaired) electrons. The molecule has 0 saturated heterocycles. The molecule has 0 bridgehead atoms. The summed E-state index contributed by atoms with van der Waals surface area (Å²) in [6.07, 6.45) is 9.02. The summed E-state index contributed by atoms with van der Waals surface area (Å²) >= 11 is 0. The first kappa shape index (κ1) is 14.1. The second-order valence-electron chi connectivity index (χ2n) is 4.33. The summed E-state index contributed by atoms with van der Waals surface area (Å²) in [7, 11) is 0. The summed E-state index contributed by atoms with van der Waals surface area (Å²) in [4.78, 5) is 11.9. The van der Waals surface area contributed by atoms with Gasteiger partial charge < -0.3 is 4.74 Å². The van der Waals surface area contributed by atoms with Crippen LogP contribution in [-0.2, 0) is 4.74 Å². The van der Waals surface area contributed by atoms with Crippen molar-refractivity contribution in [3.63, 3.8) is 0 Å². The van der Waals surface area contributed by atoms with Crippen LogP contribution in [-0.4, -0.2) is 11.6 Å². The number of hydrogen-bond donors (Lipinski definition) is 0. The zero-order valence-electron chi connectivity index (χ0n) is 10.7. The molecule has 1 unspecified atom stereocenters. The van der Waals surface area contributed by atoms with Crippen LogP contribution in [0.4, 0.5) is 0 Å². The van der Waals surface area contributed by atoms with Gasteiger partial charge in [0, 0.05) is 6.42 Å². The van der Waals surface area contributed by atoms with Gasteiger partial charge in [-0.1, -0.05) is 24.8 Å². The molecule has 0 fully saturated rings. The maximum atomic E-state index is 11.9. The van der Waals surface area contributed by atoms with Crippen molar-refractivity contribution in [3.8, 4) is 12.3 Å². The van der Waals surface area contributed by atoms with Gasteiger partial charge in [-0.2, -0.15) is 0 Å². The fourth-order valence-corrected chi connectivity index (χ4v) is 1.58. The molecular formula is C16H18O2. The monoisotopic (exact) mass is 242 g/mol. The van der Waals surface area contributed by atoms with Crippen molar-refractivity contribution in [2.75, 3.05) is 0 Å². The molecule has 0 saturated carbocycles. The van der Waals surface area contributed by atoms with Crippen LogP contribution in [0.25, 0.3) is 0 Å². The maximum Gasteiger partial charge on any atom is 0.338 e. The van der Waals surface area contributed by atoms with Crippen molar-refractivity contribution in [2.24, 2.45) is 0 Å². The smallest absolute Gasteiger partial charge is 0.338 e. The quantitative estimate of drug-likeness (QED) is 0.330. The van der Waals surface area contributed by atoms with Gasteiger partial charge in [-0.05, 0) is 38.0 Å². The molecule has 1 aromatic carbocycles. The number of unbranched alkanes of at least 4 members (excludes halogenated alkanes) is 1. The molecule has 0 amide bonds. The second kappa shape index (κ2) is 6.66. The van der Waals surface area contributed by atoms with Gasteiger partial charge in [0.25, 0.3) is 0 Å². The predicted octanol–water partition coefficient (Wildman–Crippen LogP) is 3.59. The lowest BCUT2D eigenvalue weighted by Gasteiger charge is -2.25. The summed E-state index contributed by atoms with van der Waals surface area (Å²) in [6.45, 7) is 5.57. The SMILES string of the molecule is C#CCCCC(C)(C=C)OC(=O)c1ccccc1. The average Bonchev–Trinajstić information content (AvgIpc) is 2.40. The Hall–Kier alpha value is -2.01. The van der Waals surface area contributed by atoms with Crippen molar-refractivity contribution in [1.82, 2.24) is 0 Å². The second-order valence-corrected chi connectivity index (χ2v) is 4.33. The standard InChI is InChI=1S/C16H18O2/c1-4-6-10-13-16(3,5-2)18-15(17)14-11-8-7-9-12-14/h1,5,7-9,11-12H,2,6,10,13H2,3H3. The van der Waals surface area contributed by atoms with Crippen LogP contribution in [0.15, 0.2) is 43.0 Å². The van der Waals surface area contributed by atoms with E-state index in [0.717, 1.165) is 6.42 Å². The third-order valence-electron chi connectivity index (χ3n) is 2.76. The highest BCUT2D eigenvalue weighted by atomic mass is 16.6. The van der Waals surface area contributed by atoms with Gasteiger partial charge in [0.15, 0.2) is 0 Å². The van der Waals surface area contributed by atoms with E-state index < -0.39 is 5.60 Å². The third-order valence-corrected chi connectivity index (χ3v) is 2.76. The first-order valence-electron chi connectivity index (χ1n) is 5.97. The number of carbonyl (C=O) groups is 1. The van der Waals surface area contributed by atoms with Gasteiger partial charge in [0.05, 0.1) is 5.56 Å². The van der Waals surface area contributed by atoms with Crippen LogP contribution in [0, 0.1) is 12.3 Å². The number of ether oxygens (including phenoxy) is 1. The number of benzene rings is 1. The fraction of sp³-hybridized carbons (Fsp3) is 0.312. The number of terminal acetylenes is 1. The zero-order chi connectivity index (χ0) is 13.4. The number of esters is 1. The number of rotatable bonds is 6. The molecule has 0 spiro atoms. The van der Waals surface area contributed by atoms with Gasteiger partial charge in [0.1, 0.15) is 5.60 Å². The number of hydrogen-bond acceptors (Lipinski definition) is 2. The summed E-state index contributed by atoms with van der Waals surface area (Å²) in [6, 6.07) is 8.93. The van der Waals surface area contributed by atoms with E-state index in [9.17, 15) is 4.79 Å². The Labute approximate surface area is 109 Å². The highest BCUT2D eigenvalue weighted by Gasteiger charge is 2.25. The van der Waals surface area contributed by atoms with Crippen LogP contribution in [0.5, 0.6) is 0 Å². The number of carbonyl (C=O) groups excluding carboxylic acids is 1. The van der Waals surface area contributed by atoms with Gasteiger partial charge in [-0.15, -0.1) is 12.3 Å². The molecule has 2 nitrogen and oxygen atoms in total. The molecule has 2 heteroatoms. The zero-order valence-corrected chi connectivity index (χ0v) is 10.7. The van der Waals surface area contributed by atoms with E-state index in [0.29, 0.717) is 18.4 Å². The van der Waals surface area contributed by atoms with Crippen LogP contribution in [0.3, 0.4) is 0 Å². The summed E-state index contributed by atoms with van der Waals surface area (Å²) < 4.78 is 5.49. The molecule has 1 aromatic rings. The predicted molar refractivity (Wildman–Crippen MR) is 73.1 cm³/mol. The molecule has 1 rings (SSSR count). The summed E-state index contributed by atoms with van der Waals surface area (Å²) in [5, 5.41) is 0. The first-order chi connectivity index (χ1) is 8.61. The van der Waals surface area contributed by atoms with E-state index in [2.05, 4.69) is 12.5 Å². The van der Waals surface area contributed by atoms with Crippen molar-refractivity contribution in [1.29, 1.82) is 0 Å². The van der Waals surface area contributed by atoms with E-state index in [1.807, 2.05) is 13.0 Å². The Morgan fingerprint density at radius 1 is 1.50 bits per heavy atom. The molecule has 18 heavy (non-hydrogen) atoms. The van der Waals surface area contributed by atoms with Gasteiger partial charge in [-0.25, -0.2) is 4.79 Å². The Morgan fingerprint density at radius 2 is 2.17 bits per heavy atom. The Kier molecular flexibility index (Phi) is 5.20. The average molecular weight is 242 g/mol. The Bertz CT molecular complexity index is 442. The van der Waals surface area contributed by atoms with Crippen molar-refractivity contribution >= 4 is 5.97 Å². The van der Waals surface area contributed by atoms with E-state index in [1.54, 1.807) is 30.3 Å². The largest absolute Gasteiger partial charge is 0.452 e. The topological polar surface area (TPSA) is 26.3 Å². The molecule has 0 aliphatic rings. The first-order valence-corrected chi connectivity index (χ1v) is 5.97. The Morgan fingerprint density at radius 3 is 2.72 bits per heavy atom. The van der Waals surface area contributed by atoms with Gasteiger partial charge in [0.2, 0.25) is 0 Å². The molecule has 94 valence electrons. The molecule has 0 aliphatic heterocycles. The van der Waals surface area contributed by atoms with Crippen molar-refractivity contribution in [2.45, 2.75) is 31.8 Å². The van der Waals surface area contributed by atoms with Gasteiger partial charge >= 0.3 is 5.97 Å². The third kappa shape index (κ3) is 4.10. The lowest BCUT2D eigenvalue weighted by Crippen LogP contribution is -2.29. The molecule has 0 heterocycles. The van der Waals surface area contributed by atoms with Crippen LogP contribution in [0.1, 0.15) is 36.5 Å². The molecular weight excluding hydrogens is 224 g/mol. The normalized spacial score (nSPS) is 13.1. The summed E-state index contributed by atoms with van der Waals surface area (Å²) in [5.74, 6) is 2.24. The van der Waals surface area contributed by atoms with Crippen molar-refractivity contribution < 1.29 is 9.53 Å². The fourth-order valence-electron chi connectivity index (χ4n) is 1.58. The summed E-state index contributed by atoms with van der Waals surface area (Å²) in [5.41, 5.74) is -0.119. The molecule has 0 aliphatic carbocycles. The Balaban J connectivity index is 2.65. The van der Waals surface area contributed by atoms with Crippen LogP contribution in [0.2, 0.25) is 0 Å². The van der Waals surface area contributed by atoms with E-state index in [-0.39, 0.29) is 5.97 Å². The highest BCUT2D eigenvalue weighted by molar-refractivity contribution is 5.89. The van der Waals surface area contributed by atoms with Gasteiger partial charge in [-0.3, -0.25) is 0 Å².